The van der Waals surface area contributed by atoms with E-state index in [1.807, 2.05) is 40.9 Å². The lowest BCUT2D eigenvalue weighted by Crippen LogP contribution is -2.50. The normalized spacial score (nSPS) is 15.9. The summed E-state index contributed by atoms with van der Waals surface area (Å²) in [5.74, 6) is 1.98. The predicted octanol–water partition coefficient (Wildman–Crippen LogP) is 4.32. The third-order valence-electron chi connectivity index (χ3n) is 9.43. The molecule has 5 aromatic rings. The van der Waals surface area contributed by atoms with E-state index in [9.17, 15) is 9.59 Å². The van der Waals surface area contributed by atoms with Gasteiger partial charge in [-0.25, -0.2) is 4.98 Å². The predicted molar refractivity (Wildman–Crippen MR) is 174 cm³/mol. The lowest BCUT2D eigenvalue weighted by atomic mass is 9.82. The van der Waals surface area contributed by atoms with Crippen molar-refractivity contribution in [3.63, 3.8) is 0 Å². The maximum Gasteiger partial charge on any atom is 0.260 e. The van der Waals surface area contributed by atoms with E-state index in [-0.39, 0.29) is 18.4 Å². The van der Waals surface area contributed by atoms with Gasteiger partial charge in [0.1, 0.15) is 11.6 Å². The van der Waals surface area contributed by atoms with Crippen LogP contribution in [0, 0.1) is 5.92 Å². The van der Waals surface area contributed by atoms with Gasteiger partial charge in [0, 0.05) is 86.1 Å². The minimum absolute atomic E-state index is 0.0168. The summed E-state index contributed by atoms with van der Waals surface area (Å²) in [6, 6.07) is 12.0. The van der Waals surface area contributed by atoms with Gasteiger partial charge in [-0.2, -0.15) is 5.10 Å². The van der Waals surface area contributed by atoms with Gasteiger partial charge in [0.25, 0.3) is 11.8 Å². The van der Waals surface area contributed by atoms with Crippen LogP contribution in [0.1, 0.15) is 41.0 Å². The molecule has 0 bridgehead atoms. The first kappa shape index (κ1) is 27.7. The van der Waals surface area contributed by atoms with Crippen LogP contribution >= 0.6 is 0 Å². The van der Waals surface area contributed by atoms with Gasteiger partial charge in [0.2, 0.25) is 0 Å². The summed E-state index contributed by atoms with van der Waals surface area (Å²) in [5, 5.41) is 10.0. The molecule has 1 saturated heterocycles. The van der Waals surface area contributed by atoms with Gasteiger partial charge in [0.15, 0.2) is 6.61 Å². The highest BCUT2D eigenvalue weighted by Gasteiger charge is 2.35. The zero-order valence-electron chi connectivity index (χ0n) is 26.0. The van der Waals surface area contributed by atoms with Gasteiger partial charge < -0.3 is 24.4 Å². The molecule has 0 atom stereocenters. The summed E-state index contributed by atoms with van der Waals surface area (Å²) in [4.78, 5) is 35.1. The lowest BCUT2D eigenvalue weighted by Gasteiger charge is -2.35. The number of hydrogen-bond acceptors (Lipinski definition) is 6. The van der Waals surface area contributed by atoms with Gasteiger partial charge in [-0.05, 0) is 60.2 Å². The quantitative estimate of drug-likeness (QED) is 0.311. The van der Waals surface area contributed by atoms with Crippen molar-refractivity contribution in [1.82, 2.24) is 29.5 Å². The molecule has 2 amide bonds. The van der Waals surface area contributed by atoms with Crippen LogP contribution in [-0.4, -0.2) is 68.8 Å². The second-order valence-electron chi connectivity index (χ2n) is 12.8. The summed E-state index contributed by atoms with van der Waals surface area (Å²) in [6.45, 7) is 8.56. The Labute approximate surface area is 261 Å². The molecule has 2 aromatic carbocycles. The molecule has 0 radical (unpaired) electrons. The zero-order chi connectivity index (χ0) is 30.8. The number of aromatic nitrogens is 4. The van der Waals surface area contributed by atoms with Gasteiger partial charge in [-0.15, -0.1) is 0 Å². The van der Waals surface area contributed by atoms with E-state index in [4.69, 9.17) is 9.84 Å². The molecule has 2 aliphatic heterocycles. The molecule has 10 nitrogen and oxygen atoms in total. The zero-order valence-corrected chi connectivity index (χ0v) is 26.0. The van der Waals surface area contributed by atoms with Crippen LogP contribution in [0.2, 0.25) is 0 Å². The highest BCUT2D eigenvalue weighted by atomic mass is 16.5. The fraction of sp³-hybridized carbons (Fsp3) is 0.371. The number of rotatable bonds is 6. The number of benzene rings is 2. The summed E-state index contributed by atoms with van der Waals surface area (Å²) < 4.78 is 10.5. The van der Waals surface area contributed by atoms with Crippen molar-refractivity contribution in [1.29, 1.82) is 0 Å². The highest BCUT2D eigenvalue weighted by molar-refractivity contribution is 6.19. The third kappa shape index (κ3) is 4.53. The number of piperazine rings is 1. The number of fused-ring (bicyclic) bond motifs is 10. The minimum atomic E-state index is -0.0224. The number of carbonyl (C=O) groups excluding carboxylic acids is 2. The number of nitrogens with zero attached hydrogens (tertiary/aromatic N) is 6. The lowest BCUT2D eigenvalue weighted by molar-refractivity contribution is -0.133. The van der Waals surface area contributed by atoms with E-state index in [2.05, 4.69) is 51.9 Å². The molecule has 1 fully saturated rings. The molecular formula is C35H37N7O3. The largest absolute Gasteiger partial charge is 0.484 e. The molecule has 1 aliphatic carbocycles. The molecule has 1 N–H and O–H groups in total. The molecule has 3 aliphatic rings. The number of anilines is 1. The molecule has 230 valence electrons. The number of pyridine rings is 1. The number of nitrogens with one attached hydrogen (secondary N) is 1. The Morgan fingerprint density at radius 3 is 2.67 bits per heavy atom. The average Bonchev–Trinajstić information content (AvgIpc) is 3.72. The SMILES string of the molecule is CC(C)Cn1c2ccc(OCC(=O)N3CCN(c4ccccn4)CC3)cc2c2c3c(c4c(c21)CCc1nn(C)cc1-4)C(=O)NC3. The van der Waals surface area contributed by atoms with Crippen LogP contribution < -0.4 is 15.0 Å². The van der Waals surface area contributed by atoms with Crippen LogP contribution in [0.15, 0.2) is 48.8 Å². The third-order valence-corrected chi connectivity index (χ3v) is 9.43. The molecule has 0 spiro atoms. The van der Waals surface area contributed by atoms with Crippen molar-refractivity contribution < 1.29 is 14.3 Å². The number of aryl methyl sites for hydroxylation is 3. The molecule has 5 heterocycles. The van der Waals surface area contributed by atoms with E-state index >= 15 is 0 Å². The van der Waals surface area contributed by atoms with Crippen LogP contribution in [-0.2, 0) is 37.8 Å². The first-order valence-corrected chi connectivity index (χ1v) is 15.9. The van der Waals surface area contributed by atoms with Crippen molar-refractivity contribution in [2.24, 2.45) is 13.0 Å². The first-order valence-electron chi connectivity index (χ1n) is 15.9. The molecule has 45 heavy (non-hydrogen) atoms. The topological polar surface area (TPSA) is 97.5 Å². The van der Waals surface area contributed by atoms with Crippen LogP contribution in [0.3, 0.4) is 0 Å². The number of amides is 2. The molecular weight excluding hydrogens is 566 g/mol. The van der Waals surface area contributed by atoms with Gasteiger partial charge >= 0.3 is 0 Å². The van der Waals surface area contributed by atoms with Crippen molar-refractivity contribution in [3.8, 4) is 16.9 Å². The van der Waals surface area contributed by atoms with E-state index in [1.54, 1.807) is 6.20 Å². The fourth-order valence-electron chi connectivity index (χ4n) is 7.50. The van der Waals surface area contributed by atoms with Crippen molar-refractivity contribution in [2.45, 2.75) is 39.8 Å². The van der Waals surface area contributed by atoms with Gasteiger partial charge in [-0.3, -0.25) is 14.3 Å². The van der Waals surface area contributed by atoms with Crippen LogP contribution in [0.5, 0.6) is 5.75 Å². The first-order chi connectivity index (χ1) is 21.9. The Morgan fingerprint density at radius 2 is 1.89 bits per heavy atom. The molecule has 3 aromatic heterocycles. The maximum absolute atomic E-state index is 13.4. The number of ether oxygens (including phenoxy) is 1. The number of carbonyl (C=O) groups is 2. The second kappa shape index (κ2) is 10.6. The van der Waals surface area contributed by atoms with Gasteiger partial charge in [0.05, 0.1) is 16.8 Å². The van der Waals surface area contributed by atoms with Crippen molar-refractivity contribution >= 4 is 39.4 Å². The molecule has 0 unspecified atom stereocenters. The maximum atomic E-state index is 13.4. The standard InChI is InChI=1S/C35H37N7O3/c1-21(2)18-42-28-10-7-22(45-20-30(43)41-14-12-40(13-15-41)29-6-4-5-11-36-29)16-24(28)32-25-17-37-35(44)33(25)31-23(34(32)42)8-9-27-26(31)19-39(3)38-27/h4-7,10-11,16,19,21H,8-9,12-15,17-18,20H2,1-3H3,(H,37,44). The Morgan fingerprint density at radius 1 is 1.04 bits per heavy atom. The van der Waals surface area contributed by atoms with E-state index < -0.39 is 0 Å². The summed E-state index contributed by atoms with van der Waals surface area (Å²) in [6.07, 6.45) is 5.53. The summed E-state index contributed by atoms with van der Waals surface area (Å²) in [7, 11) is 1.95. The second-order valence-corrected chi connectivity index (χ2v) is 12.8. The Balaban J connectivity index is 1.14. The number of hydrogen-bond donors (Lipinski definition) is 1. The van der Waals surface area contributed by atoms with Gasteiger partial charge in [-0.1, -0.05) is 19.9 Å². The molecule has 10 heteroatoms. The molecule has 0 saturated carbocycles. The Hall–Kier alpha value is -4.86. The average molecular weight is 604 g/mol. The van der Waals surface area contributed by atoms with Crippen molar-refractivity contribution in [3.05, 3.63) is 71.2 Å². The fourth-order valence-corrected chi connectivity index (χ4v) is 7.50. The van der Waals surface area contributed by atoms with Crippen molar-refractivity contribution in [2.75, 3.05) is 37.7 Å². The van der Waals surface area contributed by atoms with Crippen LogP contribution in [0.25, 0.3) is 32.9 Å². The Kier molecular flexibility index (Phi) is 6.54. The van der Waals surface area contributed by atoms with E-state index in [0.29, 0.717) is 31.3 Å². The highest BCUT2D eigenvalue weighted by Crippen LogP contribution is 2.47. The van der Waals surface area contributed by atoms with E-state index in [0.717, 1.165) is 82.5 Å². The monoisotopic (exact) mass is 603 g/mol. The van der Waals surface area contributed by atoms with E-state index in [1.165, 1.54) is 11.1 Å². The minimum Gasteiger partial charge on any atom is -0.484 e. The smallest absolute Gasteiger partial charge is 0.260 e. The summed E-state index contributed by atoms with van der Waals surface area (Å²) in [5.41, 5.74) is 8.53. The van der Waals surface area contributed by atoms with Crippen LogP contribution in [0.4, 0.5) is 5.82 Å². The molecule has 8 rings (SSSR count). The summed E-state index contributed by atoms with van der Waals surface area (Å²) >= 11 is 0. The Bertz CT molecular complexity index is 1980.